The van der Waals surface area contributed by atoms with Crippen LogP contribution in [0, 0.1) is 11.3 Å². The molecule has 0 aliphatic carbocycles. The molecule has 0 aliphatic heterocycles. The fourth-order valence-electron chi connectivity index (χ4n) is 2.49. The Hall–Kier alpha value is -3.41. The zero-order valence-corrected chi connectivity index (χ0v) is 15.7. The molecule has 0 bridgehead atoms. The summed E-state index contributed by atoms with van der Waals surface area (Å²) in [6.07, 6.45) is -0.926. The van der Waals surface area contributed by atoms with E-state index in [2.05, 4.69) is 5.43 Å². The van der Waals surface area contributed by atoms with Crippen molar-refractivity contribution in [2.75, 3.05) is 0 Å². The molecule has 2 N–H and O–H groups in total. The summed E-state index contributed by atoms with van der Waals surface area (Å²) in [4.78, 5) is 14.1. The summed E-state index contributed by atoms with van der Waals surface area (Å²) in [5.41, 5.74) is 2.47. The van der Waals surface area contributed by atoms with Crippen molar-refractivity contribution in [2.24, 2.45) is 0 Å². The third-order valence-electron chi connectivity index (χ3n) is 4.01. The predicted molar refractivity (Wildman–Crippen MR) is 104 cm³/mol. The molecule has 142 valence electrons. The predicted octanol–water partition coefficient (Wildman–Crippen LogP) is 2.49. The molecule has 28 heavy (non-hydrogen) atoms. The number of fused-ring (bicyclic) bond motifs is 1. The molecule has 0 spiro atoms. The minimum atomic E-state index is -3.96. The molecule has 0 radical (unpaired) electrons. The van der Waals surface area contributed by atoms with Crippen LogP contribution in [0.1, 0.15) is 12.5 Å². The van der Waals surface area contributed by atoms with Crippen LogP contribution in [-0.2, 0) is 14.8 Å². The van der Waals surface area contributed by atoms with Crippen molar-refractivity contribution in [1.82, 2.24) is 10.3 Å². The quantitative estimate of drug-likeness (QED) is 0.624. The molecule has 7 nitrogen and oxygen atoms in total. The number of carbonyl (C=O) groups excluding carboxylic acids is 1. The molecule has 0 aromatic heterocycles. The summed E-state index contributed by atoms with van der Waals surface area (Å²) < 4.78 is 30.0. The zero-order chi connectivity index (χ0) is 20.1. The van der Waals surface area contributed by atoms with Gasteiger partial charge in [0.2, 0.25) is 0 Å². The first-order valence-electron chi connectivity index (χ1n) is 8.36. The number of nitrogens with zero attached hydrogens (tertiary/aromatic N) is 1. The first kappa shape index (κ1) is 19.4. The van der Waals surface area contributed by atoms with Gasteiger partial charge >= 0.3 is 0 Å². The first-order chi connectivity index (χ1) is 13.4. The topological polar surface area (TPSA) is 108 Å². The lowest BCUT2D eigenvalue weighted by atomic mass is 10.1. The van der Waals surface area contributed by atoms with Gasteiger partial charge < -0.3 is 4.74 Å². The molecule has 0 fully saturated rings. The van der Waals surface area contributed by atoms with E-state index in [1.807, 2.05) is 41.2 Å². The number of nitriles is 1. The SMILES string of the molecule is C[C@H](Oc1ccc2ccccc2c1)C(=O)NNS(=O)(=O)c1ccc(C#N)cc1. The number of benzene rings is 3. The Morgan fingerprint density at radius 1 is 1.04 bits per heavy atom. The number of sulfonamides is 1. The van der Waals surface area contributed by atoms with E-state index in [1.54, 1.807) is 12.1 Å². The van der Waals surface area contributed by atoms with Gasteiger partial charge in [-0.25, -0.2) is 8.42 Å². The van der Waals surface area contributed by atoms with Gasteiger partial charge in [-0.15, -0.1) is 4.83 Å². The molecule has 0 aliphatic rings. The highest BCUT2D eigenvalue weighted by Gasteiger charge is 2.19. The Labute approximate surface area is 162 Å². The molecule has 3 aromatic rings. The van der Waals surface area contributed by atoms with Gasteiger partial charge in [0.25, 0.3) is 15.9 Å². The van der Waals surface area contributed by atoms with Gasteiger partial charge in [0.05, 0.1) is 16.5 Å². The Morgan fingerprint density at radius 3 is 2.39 bits per heavy atom. The third-order valence-corrected chi connectivity index (χ3v) is 5.27. The van der Waals surface area contributed by atoms with Gasteiger partial charge in [-0.2, -0.15) is 5.26 Å². The van der Waals surface area contributed by atoms with Crippen molar-refractivity contribution in [3.8, 4) is 11.8 Å². The second-order valence-corrected chi connectivity index (χ2v) is 7.68. The van der Waals surface area contributed by atoms with Crippen molar-refractivity contribution >= 4 is 26.7 Å². The molecule has 0 heterocycles. The maximum atomic E-state index is 12.2. The maximum Gasteiger partial charge on any atom is 0.275 e. The Bertz CT molecular complexity index is 1150. The first-order valence-corrected chi connectivity index (χ1v) is 9.85. The lowest BCUT2D eigenvalue weighted by Gasteiger charge is -2.15. The lowest BCUT2D eigenvalue weighted by Crippen LogP contribution is -2.47. The van der Waals surface area contributed by atoms with Crippen LogP contribution in [0.15, 0.2) is 71.6 Å². The van der Waals surface area contributed by atoms with Gasteiger partial charge in [-0.1, -0.05) is 30.3 Å². The van der Waals surface area contributed by atoms with E-state index < -0.39 is 22.0 Å². The monoisotopic (exact) mass is 395 g/mol. The molecular formula is C20H17N3O4S. The molecule has 1 atom stereocenters. The van der Waals surface area contributed by atoms with Crippen molar-refractivity contribution in [3.05, 3.63) is 72.3 Å². The van der Waals surface area contributed by atoms with Crippen LogP contribution in [0.2, 0.25) is 0 Å². The average Bonchev–Trinajstić information content (AvgIpc) is 2.72. The normalized spacial score (nSPS) is 12.1. The number of carbonyl (C=O) groups is 1. The highest BCUT2D eigenvalue weighted by Crippen LogP contribution is 2.21. The number of ether oxygens (including phenoxy) is 1. The molecular weight excluding hydrogens is 378 g/mol. The van der Waals surface area contributed by atoms with Gasteiger partial charge in [-0.3, -0.25) is 10.2 Å². The summed E-state index contributed by atoms with van der Waals surface area (Å²) in [6, 6.07) is 20.4. The molecule has 0 saturated heterocycles. The Balaban J connectivity index is 1.62. The van der Waals surface area contributed by atoms with Crippen LogP contribution in [0.5, 0.6) is 5.75 Å². The molecule has 3 aromatic carbocycles. The van der Waals surface area contributed by atoms with Crippen molar-refractivity contribution in [2.45, 2.75) is 17.9 Å². The highest BCUT2D eigenvalue weighted by atomic mass is 32.2. The number of hydrogen-bond acceptors (Lipinski definition) is 5. The Kier molecular flexibility index (Phi) is 5.59. The summed E-state index contributed by atoms with van der Waals surface area (Å²) >= 11 is 0. The van der Waals surface area contributed by atoms with Crippen LogP contribution in [0.4, 0.5) is 0 Å². The van der Waals surface area contributed by atoms with Gasteiger partial charge in [0, 0.05) is 0 Å². The smallest absolute Gasteiger partial charge is 0.275 e. The average molecular weight is 395 g/mol. The van der Waals surface area contributed by atoms with E-state index in [9.17, 15) is 13.2 Å². The van der Waals surface area contributed by atoms with Gasteiger partial charge in [-0.05, 0) is 54.1 Å². The molecule has 1 amide bonds. The fourth-order valence-corrected chi connectivity index (χ4v) is 3.33. The second kappa shape index (κ2) is 8.08. The van der Waals surface area contributed by atoms with E-state index in [-0.39, 0.29) is 4.90 Å². The van der Waals surface area contributed by atoms with Crippen LogP contribution in [0.3, 0.4) is 0 Å². The summed E-state index contributed by atoms with van der Waals surface area (Å²) in [5, 5.41) is 10.8. The van der Waals surface area contributed by atoms with E-state index in [4.69, 9.17) is 10.00 Å². The van der Waals surface area contributed by atoms with E-state index >= 15 is 0 Å². The number of hydrogen-bond donors (Lipinski definition) is 2. The summed E-state index contributed by atoms with van der Waals surface area (Å²) in [6.45, 7) is 1.51. The van der Waals surface area contributed by atoms with Crippen molar-refractivity contribution in [1.29, 1.82) is 5.26 Å². The standard InChI is InChI=1S/C20H17N3O4S/c1-14(27-18-9-8-16-4-2-3-5-17(16)12-18)20(24)22-23-28(25,26)19-10-6-15(13-21)7-11-19/h2-12,14,23H,1H3,(H,22,24)/t14-/m0/s1. The van der Waals surface area contributed by atoms with Crippen LogP contribution >= 0.6 is 0 Å². The maximum absolute atomic E-state index is 12.2. The van der Waals surface area contributed by atoms with E-state index in [1.165, 1.54) is 31.2 Å². The zero-order valence-electron chi connectivity index (χ0n) is 14.9. The fraction of sp³-hybridized carbons (Fsp3) is 0.100. The summed E-state index contributed by atoms with van der Waals surface area (Å²) in [7, 11) is -3.96. The van der Waals surface area contributed by atoms with E-state index in [0.717, 1.165) is 10.8 Å². The van der Waals surface area contributed by atoms with Crippen LogP contribution in [-0.4, -0.2) is 20.4 Å². The highest BCUT2D eigenvalue weighted by molar-refractivity contribution is 7.89. The number of hydrazine groups is 1. The largest absolute Gasteiger partial charge is 0.481 e. The Morgan fingerprint density at radius 2 is 1.71 bits per heavy atom. The number of amides is 1. The molecule has 0 unspecified atom stereocenters. The van der Waals surface area contributed by atoms with Gasteiger partial charge in [0.1, 0.15) is 5.75 Å². The second-order valence-electron chi connectivity index (χ2n) is 6.00. The van der Waals surface area contributed by atoms with Gasteiger partial charge in [0.15, 0.2) is 6.10 Å². The minimum Gasteiger partial charge on any atom is -0.481 e. The van der Waals surface area contributed by atoms with Crippen LogP contribution in [0.25, 0.3) is 10.8 Å². The van der Waals surface area contributed by atoms with Crippen LogP contribution < -0.4 is 15.0 Å². The summed E-state index contributed by atoms with van der Waals surface area (Å²) in [5.74, 6) is -0.151. The van der Waals surface area contributed by atoms with Crippen molar-refractivity contribution in [3.63, 3.8) is 0 Å². The molecule has 0 saturated carbocycles. The van der Waals surface area contributed by atoms with Crippen molar-refractivity contribution < 1.29 is 17.9 Å². The molecule has 8 heteroatoms. The minimum absolute atomic E-state index is 0.0742. The lowest BCUT2D eigenvalue weighted by molar-refractivity contribution is -0.127. The third kappa shape index (κ3) is 4.46. The number of rotatable bonds is 6. The van der Waals surface area contributed by atoms with E-state index in [0.29, 0.717) is 11.3 Å². The molecule has 3 rings (SSSR count). The number of nitrogens with one attached hydrogen (secondary N) is 2.